The Labute approximate surface area is 162 Å². The van der Waals surface area contributed by atoms with Gasteiger partial charge in [0.15, 0.2) is 0 Å². The maximum Gasteiger partial charge on any atom is 0.246 e. The monoisotopic (exact) mass is 408 g/mol. The fourth-order valence-electron chi connectivity index (χ4n) is 2.78. The second-order valence-electron chi connectivity index (χ2n) is 6.04. The Kier molecular flexibility index (Phi) is 5.94. The fraction of sp³-hybridized carbons (Fsp3) is 0.211. The van der Waals surface area contributed by atoms with E-state index in [0.29, 0.717) is 5.02 Å². The Balaban J connectivity index is 1.62. The van der Waals surface area contributed by atoms with Gasteiger partial charge in [0.1, 0.15) is 5.82 Å². The van der Waals surface area contributed by atoms with E-state index in [2.05, 4.69) is 0 Å². The van der Waals surface area contributed by atoms with Crippen molar-refractivity contribution in [2.24, 2.45) is 0 Å². The molecule has 142 valence electrons. The van der Waals surface area contributed by atoms with E-state index in [1.165, 1.54) is 22.5 Å². The van der Waals surface area contributed by atoms with Gasteiger partial charge in [-0.05, 0) is 42.0 Å². The van der Waals surface area contributed by atoms with Crippen molar-refractivity contribution in [2.45, 2.75) is 4.90 Å². The van der Waals surface area contributed by atoms with E-state index >= 15 is 0 Å². The zero-order valence-corrected chi connectivity index (χ0v) is 16.0. The summed E-state index contributed by atoms with van der Waals surface area (Å²) < 4.78 is 39.5. The molecule has 1 aliphatic rings. The van der Waals surface area contributed by atoms with Crippen molar-refractivity contribution in [3.63, 3.8) is 0 Å². The highest BCUT2D eigenvalue weighted by atomic mass is 35.5. The summed E-state index contributed by atoms with van der Waals surface area (Å²) in [6, 6.07) is 11.9. The second-order valence-corrected chi connectivity index (χ2v) is 8.38. The molecule has 0 bridgehead atoms. The predicted molar refractivity (Wildman–Crippen MR) is 102 cm³/mol. The third-order valence-electron chi connectivity index (χ3n) is 4.31. The Morgan fingerprint density at radius 2 is 1.63 bits per heavy atom. The highest BCUT2D eigenvalue weighted by molar-refractivity contribution is 7.89. The van der Waals surface area contributed by atoms with Gasteiger partial charge in [-0.2, -0.15) is 4.31 Å². The second kappa shape index (κ2) is 8.21. The largest absolute Gasteiger partial charge is 0.337 e. The van der Waals surface area contributed by atoms with Crippen LogP contribution in [0.15, 0.2) is 59.5 Å². The SMILES string of the molecule is O=C(C=Cc1ccccc1Cl)N1CCN(S(=O)(=O)c2ccc(F)cc2)CC1. The maximum atomic E-state index is 13.0. The van der Waals surface area contributed by atoms with Gasteiger partial charge >= 0.3 is 0 Å². The summed E-state index contributed by atoms with van der Waals surface area (Å²) in [5, 5.41) is 0.553. The van der Waals surface area contributed by atoms with E-state index < -0.39 is 15.8 Å². The first kappa shape index (κ1) is 19.5. The summed E-state index contributed by atoms with van der Waals surface area (Å²) >= 11 is 6.06. The molecule has 2 aromatic rings. The minimum absolute atomic E-state index is 0.0438. The maximum absolute atomic E-state index is 13.0. The quantitative estimate of drug-likeness (QED) is 0.731. The number of hydrogen-bond donors (Lipinski definition) is 0. The summed E-state index contributed by atoms with van der Waals surface area (Å²) in [5.41, 5.74) is 0.741. The van der Waals surface area contributed by atoms with Crippen LogP contribution in [0.4, 0.5) is 4.39 Å². The van der Waals surface area contributed by atoms with Crippen LogP contribution in [0.1, 0.15) is 5.56 Å². The molecule has 1 saturated heterocycles. The van der Waals surface area contributed by atoms with Crippen LogP contribution in [0.25, 0.3) is 6.08 Å². The summed E-state index contributed by atoms with van der Waals surface area (Å²) in [4.78, 5) is 14.0. The molecule has 1 heterocycles. The van der Waals surface area contributed by atoms with Gasteiger partial charge in [0.05, 0.1) is 4.90 Å². The summed E-state index contributed by atoms with van der Waals surface area (Å²) in [7, 11) is -3.70. The lowest BCUT2D eigenvalue weighted by Crippen LogP contribution is -2.50. The third-order valence-corrected chi connectivity index (χ3v) is 6.57. The van der Waals surface area contributed by atoms with Gasteiger partial charge in [-0.1, -0.05) is 29.8 Å². The third kappa shape index (κ3) is 4.55. The van der Waals surface area contributed by atoms with Crippen LogP contribution in [-0.4, -0.2) is 49.7 Å². The van der Waals surface area contributed by atoms with Crippen molar-refractivity contribution in [1.29, 1.82) is 0 Å². The number of sulfonamides is 1. The molecule has 1 amide bonds. The molecule has 3 rings (SSSR count). The molecule has 0 N–H and O–H groups in total. The highest BCUT2D eigenvalue weighted by Gasteiger charge is 2.29. The van der Waals surface area contributed by atoms with Crippen LogP contribution in [-0.2, 0) is 14.8 Å². The minimum Gasteiger partial charge on any atom is -0.337 e. The van der Waals surface area contributed by atoms with Gasteiger partial charge < -0.3 is 4.90 Å². The number of hydrogen-bond acceptors (Lipinski definition) is 3. The van der Waals surface area contributed by atoms with Crippen LogP contribution >= 0.6 is 11.6 Å². The predicted octanol–water partition coefficient (Wildman–Crippen LogP) is 3.03. The van der Waals surface area contributed by atoms with Crippen molar-refractivity contribution in [1.82, 2.24) is 9.21 Å². The number of carbonyl (C=O) groups is 1. The lowest BCUT2D eigenvalue weighted by atomic mass is 10.2. The molecule has 2 aromatic carbocycles. The Bertz CT molecular complexity index is 953. The Morgan fingerprint density at radius 1 is 1.00 bits per heavy atom. The van der Waals surface area contributed by atoms with E-state index in [-0.39, 0.29) is 37.0 Å². The lowest BCUT2D eigenvalue weighted by Gasteiger charge is -2.33. The molecule has 0 aliphatic carbocycles. The van der Waals surface area contributed by atoms with Gasteiger partial charge in [0.2, 0.25) is 15.9 Å². The van der Waals surface area contributed by atoms with E-state index in [1.807, 2.05) is 12.1 Å². The number of halogens is 2. The van der Waals surface area contributed by atoms with Gasteiger partial charge in [0, 0.05) is 37.3 Å². The topological polar surface area (TPSA) is 57.7 Å². The van der Waals surface area contributed by atoms with E-state index in [0.717, 1.165) is 17.7 Å². The van der Waals surface area contributed by atoms with E-state index in [1.54, 1.807) is 23.1 Å². The Hall–Kier alpha value is -2.22. The number of nitrogens with zero attached hydrogens (tertiary/aromatic N) is 2. The zero-order valence-electron chi connectivity index (χ0n) is 14.4. The molecule has 0 spiro atoms. The van der Waals surface area contributed by atoms with Crippen molar-refractivity contribution in [2.75, 3.05) is 26.2 Å². The first-order valence-electron chi connectivity index (χ1n) is 8.35. The molecule has 0 radical (unpaired) electrons. The van der Waals surface area contributed by atoms with Gasteiger partial charge in [-0.3, -0.25) is 4.79 Å². The fourth-order valence-corrected chi connectivity index (χ4v) is 4.40. The molecule has 0 saturated carbocycles. The molecule has 0 aromatic heterocycles. The molecule has 8 heteroatoms. The lowest BCUT2D eigenvalue weighted by molar-refractivity contribution is -0.127. The molecule has 27 heavy (non-hydrogen) atoms. The molecule has 0 atom stereocenters. The van der Waals surface area contributed by atoms with Crippen LogP contribution in [0.3, 0.4) is 0 Å². The average Bonchev–Trinajstić information content (AvgIpc) is 2.67. The molecule has 1 aliphatic heterocycles. The van der Waals surface area contributed by atoms with Gasteiger partial charge in [-0.25, -0.2) is 12.8 Å². The van der Waals surface area contributed by atoms with Gasteiger partial charge in [-0.15, -0.1) is 0 Å². The van der Waals surface area contributed by atoms with E-state index in [9.17, 15) is 17.6 Å². The average molecular weight is 409 g/mol. The normalized spacial score (nSPS) is 16.0. The van der Waals surface area contributed by atoms with Crippen molar-refractivity contribution >= 4 is 33.6 Å². The summed E-state index contributed by atoms with van der Waals surface area (Å²) in [6.07, 6.45) is 3.08. The first-order chi connectivity index (χ1) is 12.9. The summed E-state index contributed by atoms with van der Waals surface area (Å²) in [6.45, 7) is 0.939. The number of amides is 1. The molecule has 5 nitrogen and oxygen atoms in total. The number of benzene rings is 2. The Morgan fingerprint density at radius 3 is 2.26 bits per heavy atom. The smallest absolute Gasteiger partial charge is 0.246 e. The van der Waals surface area contributed by atoms with Crippen molar-refractivity contribution < 1.29 is 17.6 Å². The zero-order chi connectivity index (χ0) is 19.4. The molecule has 1 fully saturated rings. The number of carbonyl (C=O) groups excluding carboxylic acids is 1. The van der Waals surface area contributed by atoms with Crippen molar-refractivity contribution in [3.05, 3.63) is 71.0 Å². The van der Waals surface area contributed by atoms with Crippen LogP contribution < -0.4 is 0 Å². The molecule has 0 unspecified atom stereocenters. The van der Waals surface area contributed by atoms with Crippen molar-refractivity contribution in [3.8, 4) is 0 Å². The highest BCUT2D eigenvalue weighted by Crippen LogP contribution is 2.19. The van der Waals surface area contributed by atoms with Crippen LogP contribution in [0, 0.1) is 5.82 Å². The van der Waals surface area contributed by atoms with Crippen LogP contribution in [0.5, 0.6) is 0 Å². The number of piperazine rings is 1. The molecular formula is C19H18ClFN2O3S. The minimum atomic E-state index is -3.70. The molecular weight excluding hydrogens is 391 g/mol. The van der Waals surface area contributed by atoms with E-state index in [4.69, 9.17) is 11.6 Å². The standard InChI is InChI=1S/C19H18ClFN2O3S/c20-18-4-2-1-3-15(18)5-10-19(24)22-11-13-23(14-12-22)27(25,26)17-8-6-16(21)7-9-17/h1-10H,11-14H2. The number of rotatable bonds is 4. The first-order valence-corrected chi connectivity index (χ1v) is 10.2. The van der Waals surface area contributed by atoms with Gasteiger partial charge in [0.25, 0.3) is 0 Å². The summed E-state index contributed by atoms with van der Waals surface area (Å²) in [5.74, 6) is -0.691. The van der Waals surface area contributed by atoms with Crippen LogP contribution in [0.2, 0.25) is 5.02 Å².